The molecule has 2 heteroatoms. The van der Waals surface area contributed by atoms with Crippen LogP contribution in [0.3, 0.4) is 0 Å². The van der Waals surface area contributed by atoms with Crippen molar-refractivity contribution in [3.63, 3.8) is 0 Å². The molecule has 1 saturated carbocycles. The van der Waals surface area contributed by atoms with Crippen LogP contribution >= 0.6 is 0 Å². The average molecular weight is 246 g/mol. The van der Waals surface area contributed by atoms with Crippen LogP contribution in [0.25, 0.3) is 0 Å². The van der Waals surface area contributed by atoms with Crippen LogP contribution in [0.15, 0.2) is 18.2 Å². The van der Waals surface area contributed by atoms with Gasteiger partial charge in [-0.3, -0.25) is 0 Å². The molecular weight excluding hydrogens is 224 g/mol. The highest BCUT2D eigenvalue weighted by molar-refractivity contribution is 5.39. The van der Waals surface area contributed by atoms with Crippen molar-refractivity contribution in [1.29, 1.82) is 0 Å². The average Bonchev–Trinajstić information content (AvgIpc) is 3.13. The second-order valence-electron chi connectivity index (χ2n) is 5.69. The first-order valence-corrected chi connectivity index (χ1v) is 7.25. The molecule has 1 aliphatic carbocycles. The van der Waals surface area contributed by atoms with Crippen LogP contribution in [0, 0.1) is 5.92 Å². The van der Waals surface area contributed by atoms with E-state index in [1.807, 2.05) is 0 Å². The maximum atomic E-state index is 9.80. The lowest BCUT2D eigenvalue weighted by Crippen LogP contribution is -2.08. The van der Waals surface area contributed by atoms with Crippen molar-refractivity contribution in [1.82, 2.24) is 0 Å². The molecule has 1 unspecified atom stereocenters. The molecule has 1 N–H and O–H groups in total. The first-order valence-electron chi connectivity index (χ1n) is 7.25. The van der Waals surface area contributed by atoms with Gasteiger partial charge in [0.2, 0.25) is 0 Å². The highest BCUT2D eigenvalue weighted by Gasteiger charge is 2.28. The molecule has 0 bridgehead atoms. The summed E-state index contributed by atoms with van der Waals surface area (Å²) in [6.45, 7) is 0.840. The Hall–Kier alpha value is -1.02. The smallest absolute Gasteiger partial charge is 0.122 e. The van der Waals surface area contributed by atoms with Gasteiger partial charge < -0.3 is 9.84 Å². The Bertz CT molecular complexity index is 410. The van der Waals surface area contributed by atoms with E-state index in [-0.39, 0.29) is 6.10 Å². The van der Waals surface area contributed by atoms with E-state index >= 15 is 0 Å². The van der Waals surface area contributed by atoms with Gasteiger partial charge in [-0.2, -0.15) is 0 Å². The summed E-state index contributed by atoms with van der Waals surface area (Å²) < 4.78 is 5.51. The summed E-state index contributed by atoms with van der Waals surface area (Å²) in [6.07, 6.45) is 7.96. The molecule has 0 radical (unpaired) electrons. The fourth-order valence-corrected chi connectivity index (χ4v) is 2.79. The first-order chi connectivity index (χ1) is 8.83. The van der Waals surface area contributed by atoms with E-state index in [9.17, 15) is 5.11 Å². The van der Waals surface area contributed by atoms with E-state index in [1.165, 1.54) is 30.4 Å². The number of benzene rings is 1. The predicted molar refractivity (Wildman–Crippen MR) is 71.9 cm³/mol. The lowest BCUT2D eigenvalue weighted by atomic mass is 10.0. The Labute approximate surface area is 109 Å². The van der Waals surface area contributed by atoms with Crippen LogP contribution in [-0.4, -0.2) is 17.8 Å². The second kappa shape index (κ2) is 5.31. The number of rotatable bonds is 6. The summed E-state index contributed by atoms with van der Waals surface area (Å²) in [6, 6.07) is 6.58. The number of unbranched alkanes of at least 4 members (excludes halogenated alkanes) is 1. The summed E-state index contributed by atoms with van der Waals surface area (Å²) in [4.78, 5) is 0. The third-order valence-corrected chi connectivity index (χ3v) is 4.14. The lowest BCUT2D eigenvalue weighted by molar-refractivity contribution is 0.138. The number of fused-ring (bicyclic) bond motifs is 1. The van der Waals surface area contributed by atoms with Crippen molar-refractivity contribution in [2.45, 2.75) is 51.0 Å². The highest BCUT2D eigenvalue weighted by Crippen LogP contribution is 2.34. The Morgan fingerprint density at radius 2 is 2.17 bits per heavy atom. The van der Waals surface area contributed by atoms with Gasteiger partial charge in [0.05, 0.1) is 12.7 Å². The monoisotopic (exact) mass is 246 g/mol. The molecule has 3 rings (SSSR count). The molecule has 1 aromatic carbocycles. The van der Waals surface area contributed by atoms with E-state index in [4.69, 9.17) is 4.74 Å². The van der Waals surface area contributed by atoms with Gasteiger partial charge in [-0.15, -0.1) is 0 Å². The minimum atomic E-state index is -0.0292. The number of aliphatic hydroxyl groups excluding tert-OH is 1. The van der Waals surface area contributed by atoms with Crippen LogP contribution in [0.4, 0.5) is 0 Å². The molecule has 1 aliphatic heterocycles. The molecule has 1 atom stereocenters. The summed E-state index contributed by atoms with van der Waals surface area (Å²) in [7, 11) is 0. The van der Waals surface area contributed by atoms with Crippen LogP contribution < -0.4 is 4.74 Å². The van der Waals surface area contributed by atoms with Crippen molar-refractivity contribution >= 4 is 0 Å². The molecule has 2 aliphatic rings. The predicted octanol–water partition coefficient (Wildman–Crippen LogP) is 3.11. The van der Waals surface area contributed by atoms with Gasteiger partial charge in [-0.05, 0) is 55.2 Å². The number of hydrogen-bond donors (Lipinski definition) is 1. The normalized spacial score (nSPS) is 19.4. The molecule has 0 aromatic heterocycles. The second-order valence-corrected chi connectivity index (χ2v) is 5.69. The van der Waals surface area contributed by atoms with Gasteiger partial charge in [0.25, 0.3) is 0 Å². The van der Waals surface area contributed by atoms with Crippen molar-refractivity contribution in [3.05, 3.63) is 29.3 Å². The maximum Gasteiger partial charge on any atom is 0.122 e. The first kappa shape index (κ1) is 12.0. The molecule has 0 spiro atoms. The number of aliphatic hydroxyl groups is 1. The Kier molecular flexibility index (Phi) is 3.55. The third kappa shape index (κ3) is 2.86. The standard InChI is InChI=1S/C16H22O2/c17-15(13-6-7-13)4-2-1-3-12-5-8-16-14(11-12)9-10-18-16/h5,8,11,13,15,17H,1-4,6-7,9-10H2. The van der Waals surface area contributed by atoms with Gasteiger partial charge in [0.1, 0.15) is 5.75 Å². The van der Waals surface area contributed by atoms with Gasteiger partial charge in [0, 0.05) is 6.42 Å². The zero-order chi connectivity index (χ0) is 12.4. The molecule has 1 aromatic rings. The topological polar surface area (TPSA) is 29.5 Å². The minimum Gasteiger partial charge on any atom is -0.493 e. The van der Waals surface area contributed by atoms with Gasteiger partial charge >= 0.3 is 0 Å². The van der Waals surface area contributed by atoms with Crippen LogP contribution in [0.1, 0.15) is 43.2 Å². The number of ether oxygens (including phenoxy) is 1. The van der Waals surface area contributed by atoms with E-state index in [0.717, 1.165) is 38.0 Å². The van der Waals surface area contributed by atoms with E-state index in [2.05, 4.69) is 18.2 Å². The van der Waals surface area contributed by atoms with Gasteiger partial charge in [0.15, 0.2) is 0 Å². The van der Waals surface area contributed by atoms with Gasteiger partial charge in [-0.25, -0.2) is 0 Å². The fraction of sp³-hybridized carbons (Fsp3) is 0.625. The number of aryl methyl sites for hydroxylation is 1. The summed E-state index contributed by atoms with van der Waals surface area (Å²) in [5, 5.41) is 9.80. The SMILES string of the molecule is OC(CCCCc1ccc2c(c1)CCO2)C1CC1. The van der Waals surface area contributed by atoms with Gasteiger partial charge in [-0.1, -0.05) is 18.6 Å². The molecular formula is C16H22O2. The molecule has 1 fully saturated rings. The van der Waals surface area contributed by atoms with Crippen LogP contribution in [0.5, 0.6) is 5.75 Å². The molecule has 18 heavy (non-hydrogen) atoms. The summed E-state index contributed by atoms with van der Waals surface area (Å²) in [5.74, 6) is 1.70. The fourth-order valence-electron chi connectivity index (χ4n) is 2.79. The highest BCUT2D eigenvalue weighted by atomic mass is 16.5. The quantitative estimate of drug-likeness (QED) is 0.782. The van der Waals surface area contributed by atoms with Crippen LogP contribution in [-0.2, 0) is 12.8 Å². The Morgan fingerprint density at radius 3 is 3.00 bits per heavy atom. The Balaban J connectivity index is 1.42. The molecule has 2 nitrogen and oxygen atoms in total. The van der Waals surface area contributed by atoms with E-state index in [1.54, 1.807) is 0 Å². The van der Waals surface area contributed by atoms with Crippen molar-refractivity contribution in [2.24, 2.45) is 5.92 Å². The summed E-state index contributed by atoms with van der Waals surface area (Å²) >= 11 is 0. The Morgan fingerprint density at radius 1 is 1.28 bits per heavy atom. The molecule has 0 saturated heterocycles. The van der Waals surface area contributed by atoms with Crippen molar-refractivity contribution < 1.29 is 9.84 Å². The van der Waals surface area contributed by atoms with Crippen molar-refractivity contribution in [3.8, 4) is 5.75 Å². The summed E-state index contributed by atoms with van der Waals surface area (Å²) in [5.41, 5.74) is 2.78. The molecule has 98 valence electrons. The minimum absolute atomic E-state index is 0.0292. The molecule has 1 heterocycles. The third-order valence-electron chi connectivity index (χ3n) is 4.14. The van der Waals surface area contributed by atoms with Crippen LogP contribution in [0.2, 0.25) is 0 Å². The molecule has 0 amide bonds. The number of hydrogen-bond acceptors (Lipinski definition) is 2. The van der Waals surface area contributed by atoms with E-state index < -0.39 is 0 Å². The van der Waals surface area contributed by atoms with Crippen molar-refractivity contribution in [2.75, 3.05) is 6.61 Å². The maximum absolute atomic E-state index is 9.80. The zero-order valence-electron chi connectivity index (χ0n) is 10.9. The largest absolute Gasteiger partial charge is 0.493 e. The van der Waals surface area contributed by atoms with E-state index in [0.29, 0.717) is 5.92 Å². The zero-order valence-corrected chi connectivity index (χ0v) is 10.9. The lowest BCUT2D eigenvalue weighted by Gasteiger charge is -2.08.